The maximum Gasteiger partial charge on any atom is 0.251 e. The number of nitrogens with one attached hydrogen (secondary N) is 1. The maximum absolute atomic E-state index is 13.2. The Morgan fingerprint density at radius 1 is 1.00 bits per heavy atom. The van der Waals surface area contributed by atoms with Gasteiger partial charge in [-0.2, -0.15) is 5.26 Å². The van der Waals surface area contributed by atoms with Crippen molar-refractivity contribution >= 4 is 32.1 Å². The van der Waals surface area contributed by atoms with Gasteiger partial charge in [-0.1, -0.05) is 25.1 Å². The van der Waals surface area contributed by atoms with E-state index in [1.165, 1.54) is 12.6 Å². The minimum absolute atomic E-state index is 0.250. The van der Waals surface area contributed by atoms with E-state index in [0.29, 0.717) is 5.69 Å². The number of benzene rings is 2. The lowest BCUT2D eigenvalue weighted by molar-refractivity contribution is -0.257. The Morgan fingerprint density at radius 3 is 2.37 bits per heavy atom. The molecule has 0 amide bonds. The lowest BCUT2D eigenvalue weighted by Crippen LogP contribution is -2.56. The van der Waals surface area contributed by atoms with Crippen molar-refractivity contribution in [3.05, 3.63) is 59.1 Å². The van der Waals surface area contributed by atoms with Crippen molar-refractivity contribution in [3.63, 3.8) is 0 Å². The number of hydrogen-bond donors (Lipinski definition) is 4. The van der Waals surface area contributed by atoms with Crippen molar-refractivity contribution in [1.29, 1.82) is 5.26 Å². The van der Waals surface area contributed by atoms with E-state index in [1.54, 1.807) is 19.1 Å². The number of aliphatic hydroxyl groups excluding tert-OH is 3. The van der Waals surface area contributed by atoms with E-state index in [4.69, 9.17) is 4.74 Å². The normalized spacial score (nSPS) is 25.9. The minimum atomic E-state index is -4.31. The summed E-state index contributed by atoms with van der Waals surface area (Å²) in [5.41, 5.74) is 3.82. The minimum Gasteiger partial charge on any atom is -0.390 e. The number of sulfonamides is 1. The van der Waals surface area contributed by atoms with Gasteiger partial charge in [0, 0.05) is 68.3 Å². The lowest BCUT2D eigenvalue weighted by Gasteiger charge is -2.39. The molecule has 5 atom stereocenters. The second kappa shape index (κ2) is 12.4. The highest BCUT2D eigenvalue weighted by Gasteiger charge is 2.42. The monoisotopic (exact) mass is 609 g/mol. The molecule has 2 aliphatic heterocycles. The summed E-state index contributed by atoms with van der Waals surface area (Å²) < 4.78 is 35.8. The van der Waals surface area contributed by atoms with Gasteiger partial charge in [-0.3, -0.25) is 0 Å². The number of allylic oxidation sites excluding steroid dienone is 2. The summed E-state index contributed by atoms with van der Waals surface area (Å²) in [6, 6.07) is 18.2. The Balaban J connectivity index is 1.36. The van der Waals surface area contributed by atoms with Crippen molar-refractivity contribution in [2.24, 2.45) is 13.0 Å². The zero-order valence-corrected chi connectivity index (χ0v) is 25.6. The third-order valence-corrected chi connectivity index (χ3v) is 10.2. The van der Waals surface area contributed by atoms with Crippen molar-refractivity contribution in [2.75, 3.05) is 44.7 Å². The molecule has 5 rings (SSSR count). The Labute approximate surface area is 252 Å². The van der Waals surface area contributed by atoms with Crippen LogP contribution < -0.4 is 9.62 Å². The molecule has 2 fully saturated rings. The summed E-state index contributed by atoms with van der Waals surface area (Å²) in [6.45, 7) is 6.71. The summed E-state index contributed by atoms with van der Waals surface area (Å²) in [4.78, 5) is 4.25. The second-order valence-corrected chi connectivity index (χ2v) is 13.2. The molecule has 2 aliphatic rings. The summed E-state index contributed by atoms with van der Waals surface area (Å²) >= 11 is 0. The Hall–Kier alpha value is -3.28. The Morgan fingerprint density at radius 2 is 1.67 bits per heavy atom. The molecule has 2 aromatic carbocycles. The molecule has 0 aliphatic carbocycles. The van der Waals surface area contributed by atoms with Crippen LogP contribution in [0.2, 0.25) is 0 Å². The molecule has 0 radical (unpaired) electrons. The topological polar surface area (TPSA) is 151 Å². The van der Waals surface area contributed by atoms with E-state index in [2.05, 4.69) is 51.9 Å². The standard InChI is InChI=1S/C31H39N5O6S/c1-19(28(17-32)43(40,41)33-18-27-30(38)29(37)20(2)31(39)42-27)25-9-10-26(35(25)4)23-6-5-22-16-24(8-7-21(22)15-23)36-13-11-34(3)12-14-36/h5-10,15-16,20,27,29-31,33,37-39H,11-14,18H2,1-4H3/b28-19+/t20-,27-,29-,30-,31?/m1/s1. The number of rotatable bonds is 7. The largest absolute Gasteiger partial charge is 0.390 e. The van der Waals surface area contributed by atoms with Crippen LogP contribution >= 0.6 is 0 Å². The quantitative estimate of drug-likeness (QED) is 0.294. The molecular weight excluding hydrogens is 570 g/mol. The van der Waals surface area contributed by atoms with Crippen molar-refractivity contribution < 1.29 is 28.5 Å². The molecule has 11 nitrogen and oxygen atoms in total. The smallest absolute Gasteiger partial charge is 0.251 e. The van der Waals surface area contributed by atoms with Crippen LogP contribution in [0.15, 0.2) is 53.4 Å². The highest BCUT2D eigenvalue weighted by molar-refractivity contribution is 7.93. The molecule has 0 spiro atoms. The predicted molar refractivity (Wildman–Crippen MR) is 165 cm³/mol. The third kappa shape index (κ3) is 6.21. The van der Waals surface area contributed by atoms with Gasteiger partial charge in [0.2, 0.25) is 0 Å². The number of aromatic nitrogens is 1. The van der Waals surface area contributed by atoms with E-state index < -0.39 is 52.0 Å². The van der Waals surface area contributed by atoms with Crippen LogP contribution in [0.1, 0.15) is 19.5 Å². The Bertz CT molecular complexity index is 1670. The van der Waals surface area contributed by atoms with Gasteiger partial charge in [-0.15, -0.1) is 0 Å². The number of hydrogen-bond acceptors (Lipinski definition) is 9. The fraction of sp³-hybridized carbons (Fsp3) is 0.452. The number of fused-ring (bicyclic) bond motifs is 1. The molecule has 0 bridgehead atoms. The first-order valence-corrected chi connectivity index (χ1v) is 15.8. The predicted octanol–water partition coefficient (Wildman–Crippen LogP) is 1.85. The van der Waals surface area contributed by atoms with E-state index in [9.17, 15) is 29.0 Å². The molecular formula is C31H39N5O6S. The molecule has 43 heavy (non-hydrogen) atoms. The molecule has 230 valence electrons. The first-order chi connectivity index (χ1) is 20.4. The fourth-order valence-electron chi connectivity index (χ4n) is 5.81. The molecule has 4 N–H and O–H groups in total. The van der Waals surface area contributed by atoms with E-state index in [-0.39, 0.29) is 5.57 Å². The number of likely N-dealkylation sites (N-methyl/N-ethyl adjacent to an activating group) is 1. The molecule has 0 saturated carbocycles. The number of piperazine rings is 1. The van der Waals surface area contributed by atoms with Crippen molar-refractivity contribution in [3.8, 4) is 17.3 Å². The number of ether oxygens (including phenoxy) is 1. The zero-order chi connectivity index (χ0) is 31.1. The van der Waals surface area contributed by atoms with Gasteiger partial charge in [0.15, 0.2) is 11.2 Å². The maximum atomic E-state index is 13.2. The summed E-state index contributed by atoms with van der Waals surface area (Å²) in [6.07, 6.45) is -5.26. The number of aliphatic hydroxyl groups is 3. The highest BCUT2D eigenvalue weighted by Crippen LogP contribution is 2.32. The Kier molecular flexibility index (Phi) is 8.97. The third-order valence-electron chi connectivity index (χ3n) is 8.71. The fourth-order valence-corrected chi connectivity index (χ4v) is 6.97. The van der Waals surface area contributed by atoms with Gasteiger partial charge in [-0.25, -0.2) is 13.1 Å². The average molecular weight is 610 g/mol. The first kappa shape index (κ1) is 31.2. The summed E-state index contributed by atoms with van der Waals surface area (Å²) in [5, 5.41) is 42.5. The molecule has 1 aromatic heterocycles. The number of anilines is 1. The van der Waals surface area contributed by atoms with Gasteiger partial charge in [-0.05, 0) is 60.6 Å². The van der Waals surface area contributed by atoms with Crippen LogP contribution in [0.5, 0.6) is 0 Å². The second-order valence-electron chi connectivity index (χ2n) is 11.5. The average Bonchev–Trinajstić information content (AvgIpc) is 3.38. The van der Waals surface area contributed by atoms with Crippen LogP contribution in [0.4, 0.5) is 5.69 Å². The molecule has 12 heteroatoms. The number of nitriles is 1. The summed E-state index contributed by atoms with van der Waals surface area (Å²) in [7, 11) is -0.354. The molecule has 1 unspecified atom stereocenters. The van der Waals surface area contributed by atoms with Gasteiger partial charge in [0.1, 0.15) is 18.3 Å². The van der Waals surface area contributed by atoms with E-state index >= 15 is 0 Å². The van der Waals surface area contributed by atoms with Crippen molar-refractivity contribution in [2.45, 2.75) is 38.4 Å². The molecule has 3 heterocycles. The molecule has 3 aromatic rings. The van der Waals surface area contributed by atoms with Crippen LogP contribution in [0, 0.1) is 17.2 Å². The van der Waals surface area contributed by atoms with E-state index in [0.717, 1.165) is 48.2 Å². The van der Waals surface area contributed by atoms with Gasteiger partial charge >= 0.3 is 0 Å². The van der Waals surface area contributed by atoms with Gasteiger partial charge in [0.05, 0.1) is 6.10 Å². The van der Waals surface area contributed by atoms with Crippen LogP contribution in [0.25, 0.3) is 27.6 Å². The van der Waals surface area contributed by atoms with Crippen LogP contribution in [-0.2, 0) is 21.8 Å². The van der Waals surface area contributed by atoms with Crippen LogP contribution in [-0.4, -0.2) is 97.6 Å². The number of nitrogens with zero attached hydrogens (tertiary/aromatic N) is 4. The van der Waals surface area contributed by atoms with Crippen LogP contribution in [0.3, 0.4) is 0 Å². The van der Waals surface area contributed by atoms with E-state index in [1.807, 2.05) is 23.7 Å². The first-order valence-electron chi connectivity index (χ1n) is 14.4. The lowest BCUT2D eigenvalue weighted by atomic mass is 9.92. The van der Waals surface area contributed by atoms with Crippen molar-refractivity contribution in [1.82, 2.24) is 14.2 Å². The highest BCUT2D eigenvalue weighted by atomic mass is 32.2. The van der Waals surface area contributed by atoms with Gasteiger partial charge in [0.25, 0.3) is 10.0 Å². The molecule has 2 saturated heterocycles. The summed E-state index contributed by atoms with van der Waals surface area (Å²) in [5.74, 6) is -0.742. The zero-order valence-electron chi connectivity index (χ0n) is 24.8. The van der Waals surface area contributed by atoms with Gasteiger partial charge < -0.3 is 34.4 Å². The SMILES string of the molecule is C/C(=C(/C#N)S(=O)(=O)NC[C@H]1OC(O)[C@H](C)[C@@H](O)[C@@H]1O)c1ccc(-c2ccc3cc(N4CCN(C)CC4)ccc3c2)n1C.